The highest BCUT2D eigenvalue weighted by atomic mass is 32.2. The van der Waals surface area contributed by atoms with Crippen molar-refractivity contribution in [1.82, 2.24) is 19.4 Å². The molecule has 0 atom stereocenters. The Morgan fingerprint density at radius 3 is 2.56 bits per heavy atom. The highest BCUT2D eigenvalue weighted by Gasteiger charge is 2.20. The molecule has 2 N–H and O–H groups in total. The molecule has 172 valence electrons. The molecule has 3 rings (SSSR count). The highest BCUT2D eigenvalue weighted by molar-refractivity contribution is 7.93. The number of nitrogens with one attached hydrogen (secondary N) is 2. The minimum absolute atomic E-state index is 0.131. The van der Waals surface area contributed by atoms with Crippen LogP contribution in [0.15, 0.2) is 34.0 Å². The number of aromatic amines is 1. The molecular formula is C21H27N5O5S. The van der Waals surface area contributed by atoms with E-state index < -0.39 is 32.8 Å². The van der Waals surface area contributed by atoms with Crippen molar-refractivity contribution in [2.24, 2.45) is 7.05 Å². The van der Waals surface area contributed by atoms with Crippen molar-refractivity contribution in [2.45, 2.75) is 46.0 Å². The van der Waals surface area contributed by atoms with Crippen LogP contribution in [-0.4, -0.2) is 39.4 Å². The van der Waals surface area contributed by atoms with Gasteiger partial charge in [0.25, 0.3) is 15.6 Å². The van der Waals surface area contributed by atoms with Crippen LogP contribution in [-0.2, 0) is 28.3 Å². The first-order valence-corrected chi connectivity index (χ1v) is 12.1. The van der Waals surface area contributed by atoms with E-state index in [1.165, 1.54) is 0 Å². The molecule has 11 heteroatoms. The predicted octanol–water partition coefficient (Wildman–Crippen LogP) is 1.68. The third kappa shape index (κ3) is 4.98. The smallest absolute Gasteiger partial charge is 0.305 e. The van der Waals surface area contributed by atoms with Crippen LogP contribution in [0.2, 0.25) is 0 Å². The Morgan fingerprint density at radius 1 is 1.19 bits per heavy atom. The van der Waals surface area contributed by atoms with Gasteiger partial charge in [-0.1, -0.05) is 26.7 Å². The normalized spacial score (nSPS) is 11.7. The number of rotatable bonds is 10. The van der Waals surface area contributed by atoms with Gasteiger partial charge in [0.05, 0.1) is 16.6 Å². The molecule has 0 spiro atoms. The molecule has 0 amide bonds. The van der Waals surface area contributed by atoms with Crippen molar-refractivity contribution in [3.8, 4) is 11.3 Å². The number of nitrogens with zero attached hydrogens (tertiary/aromatic N) is 3. The van der Waals surface area contributed by atoms with Crippen LogP contribution in [0.25, 0.3) is 22.2 Å². The lowest BCUT2D eigenvalue weighted by atomic mass is 10.00. The fourth-order valence-electron chi connectivity index (χ4n) is 3.59. The summed E-state index contributed by atoms with van der Waals surface area (Å²) in [5, 5.41) is 4.29. The maximum absolute atomic E-state index is 13.0. The topological polar surface area (TPSA) is 136 Å². The Hall–Kier alpha value is -3.21. The first kappa shape index (κ1) is 23.5. The number of hydrogen-bond donors (Lipinski definition) is 2. The fourth-order valence-corrected chi connectivity index (χ4v) is 4.67. The van der Waals surface area contributed by atoms with Crippen LogP contribution in [0, 0.1) is 0 Å². The van der Waals surface area contributed by atoms with Gasteiger partial charge in [0.1, 0.15) is 11.5 Å². The number of benzene rings is 1. The largest absolute Gasteiger partial charge is 0.348 e. The standard InChI is InChI=1S/C21H27N5O5S/c1-4-6-7-8-15(27)13-32(30,31)24-26-20(28)17-12-16(19-9-10-22-25(19)3)14(5-2)11-18(17)23-21(26)29/h9-12,24H,4-8,13H2,1-3H3,(H,23,29). The fraction of sp³-hybridized carbons (Fsp3) is 0.429. The number of H-pyrrole nitrogens is 1. The average molecular weight is 462 g/mol. The molecule has 0 radical (unpaired) electrons. The highest BCUT2D eigenvalue weighted by Crippen LogP contribution is 2.26. The molecule has 0 saturated carbocycles. The van der Waals surface area contributed by atoms with Gasteiger partial charge < -0.3 is 4.98 Å². The van der Waals surface area contributed by atoms with E-state index in [4.69, 9.17) is 0 Å². The molecule has 0 fully saturated rings. The van der Waals surface area contributed by atoms with Gasteiger partial charge in [-0.3, -0.25) is 14.3 Å². The molecular weight excluding hydrogens is 434 g/mol. The minimum atomic E-state index is -4.23. The van der Waals surface area contributed by atoms with E-state index in [0.29, 0.717) is 23.0 Å². The predicted molar refractivity (Wildman–Crippen MR) is 123 cm³/mol. The first-order valence-electron chi connectivity index (χ1n) is 10.5. The van der Waals surface area contributed by atoms with Crippen molar-refractivity contribution in [3.05, 3.63) is 50.8 Å². The molecule has 3 aromatic rings. The van der Waals surface area contributed by atoms with Crippen LogP contribution >= 0.6 is 0 Å². The molecule has 0 bridgehead atoms. The molecule has 0 saturated heterocycles. The summed E-state index contributed by atoms with van der Waals surface area (Å²) >= 11 is 0. The summed E-state index contributed by atoms with van der Waals surface area (Å²) in [6.07, 6.45) is 4.73. The summed E-state index contributed by atoms with van der Waals surface area (Å²) in [7, 11) is -2.45. The maximum Gasteiger partial charge on any atom is 0.348 e. The van der Waals surface area contributed by atoms with Crippen LogP contribution in [0.5, 0.6) is 0 Å². The molecule has 0 aliphatic rings. The Labute approximate surface area is 185 Å². The molecule has 0 unspecified atom stereocenters. The zero-order chi connectivity index (χ0) is 23.5. The van der Waals surface area contributed by atoms with Crippen LogP contribution in [0.4, 0.5) is 0 Å². The number of aromatic nitrogens is 4. The molecule has 32 heavy (non-hydrogen) atoms. The lowest BCUT2D eigenvalue weighted by Gasteiger charge is -2.13. The van der Waals surface area contributed by atoms with Crippen LogP contribution in [0.3, 0.4) is 0 Å². The first-order chi connectivity index (χ1) is 15.2. The number of fused-ring (bicyclic) bond motifs is 1. The maximum atomic E-state index is 13.0. The average Bonchev–Trinajstić information content (AvgIpc) is 3.15. The number of aryl methyl sites for hydroxylation is 2. The van der Waals surface area contributed by atoms with Gasteiger partial charge in [-0.25, -0.2) is 18.0 Å². The molecule has 2 aromatic heterocycles. The van der Waals surface area contributed by atoms with Gasteiger partial charge >= 0.3 is 5.69 Å². The van der Waals surface area contributed by atoms with E-state index in [1.807, 2.05) is 18.7 Å². The zero-order valence-corrected chi connectivity index (χ0v) is 19.2. The third-order valence-corrected chi connectivity index (χ3v) is 6.40. The minimum Gasteiger partial charge on any atom is -0.305 e. The lowest BCUT2D eigenvalue weighted by Crippen LogP contribution is -2.44. The number of carbonyl (C=O) groups is 1. The summed E-state index contributed by atoms with van der Waals surface area (Å²) < 4.78 is 26.9. The summed E-state index contributed by atoms with van der Waals surface area (Å²) in [6, 6.07) is 5.12. The molecule has 0 aliphatic heterocycles. The lowest BCUT2D eigenvalue weighted by molar-refractivity contribution is -0.116. The van der Waals surface area contributed by atoms with E-state index >= 15 is 0 Å². The molecule has 10 nitrogen and oxygen atoms in total. The van der Waals surface area contributed by atoms with Gasteiger partial charge in [0.15, 0.2) is 0 Å². The van der Waals surface area contributed by atoms with E-state index in [9.17, 15) is 22.8 Å². The van der Waals surface area contributed by atoms with Crippen molar-refractivity contribution in [3.63, 3.8) is 0 Å². The summed E-state index contributed by atoms with van der Waals surface area (Å²) in [4.78, 5) is 42.0. The van der Waals surface area contributed by atoms with Gasteiger partial charge in [-0.15, -0.1) is 0 Å². The van der Waals surface area contributed by atoms with Crippen molar-refractivity contribution < 1.29 is 13.2 Å². The van der Waals surface area contributed by atoms with Crippen molar-refractivity contribution in [1.29, 1.82) is 0 Å². The number of ketones is 1. The third-order valence-electron chi connectivity index (χ3n) is 5.24. The number of Topliss-reactive ketones (excluding diaryl/α,β-unsaturated/α-hetero) is 1. The molecule has 0 aliphatic carbocycles. The summed E-state index contributed by atoms with van der Waals surface area (Å²) in [5.41, 5.74) is 0.974. The number of carbonyl (C=O) groups excluding carboxylic acids is 1. The van der Waals surface area contributed by atoms with E-state index in [-0.39, 0.29) is 11.8 Å². The van der Waals surface area contributed by atoms with Crippen molar-refractivity contribution >= 4 is 26.7 Å². The number of hydrogen-bond acceptors (Lipinski definition) is 6. The van der Waals surface area contributed by atoms with Crippen LogP contribution in [0.1, 0.15) is 45.1 Å². The SMILES string of the molecule is CCCCCC(=O)CS(=O)(=O)Nn1c(=O)[nH]c2cc(CC)c(-c3ccnn3C)cc2c1=O. The van der Waals surface area contributed by atoms with Crippen LogP contribution < -0.4 is 16.1 Å². The summed E-state index contributed by atoms with van der Waals surface area (Å²) in [5.74, 6) is -1.27. The zero-order valence-electron chi connectivity index (χ0n) is 18.3. The Kier molecular flexibility index (Phi) is 6.97. The number of sulfonamides is 1. The Morgan fingerprint density at radius 2 is 1.94 bits per heavy atom. The van der Waals surface area contributed by atoms with Gasteiger partial charge in [-0.2, -0.15) is 9.77 Å². The molecule has 2 heterocycles. The Balaban J connectivity index is 2.02. The van der Waals surface area contributed by atoms with Crippen molar-refractivity contribution in [2.75, 3.05) is 10.6 Å². The van der Waals surface area contributed by atoms with E-state index in [1.54, 1.807) is 36.1 Å². The second-order valence-corrected chi connectivity index (χ2v) is 9.37. The monoisotopic (exact) mass is 461 g/mol. The van der Waals surface area contributed by atoms with E-state index in [0.717, 1.165) is 29.7 Å². The van der Waals surface area contributed by atoms with Gasteiger partial charge in [-0.05, 0) is 36.6 Å². The second-order valence-electron chi connectivity index (χ2n) is 7.67. The number of unbranched alkanes of at least 4 members (excludes halogenated alkanes) is 2. The molecule has 1 aromatic carbocycles. The Bertz CT molecular complexity index is 1370. The van der Waals surface area contributed by atoms with Gasteiger partial charge in [0, 0.05) is 25.2 Å². The second kappa shape index (κ2) is 9.51. The summed E-state index contributed by atoms with van der Waals surface area (Å²) in [6.45, 7) is 3.93. The quantitative estimate of drug-likeness (QED) is 0.441. The van der Waals surface area contributed by atoms with E-state index in [2.05, 4.69) is 10.1 Å². The van der Waals surface area contributed by atoms with Gasteiger partial charge in [0.2, 0.25) is 0 Å².